The Labute approximate surface area is 177 Å². The largest absolute Gasteiger partial charge is 0.315 e. The normalized spacial score (nSPS) is 12.6. The van der Waals surface area contributed by atoms with E-state index >= 15 is 0 Å². The third-order valence-corrected chi connectivity index (χ3v) is 5.92. The maximum absolute atomic E-state index is 13.7. The van der Waals surface area contributed by atoms with E-state index in [0.717, 1.165) is 21.2 Å². The van der Waals surface area contributed by atoms with Crippen LogP contribution in [0, 0.1) is 0 Å². The van der Waals surface area contributed by atoms with E-state index in [2.05, 4.69) is 41.5 Å². The topological polar surface area (TPSA) is 110 Å². The van der Waals surface area contributed by atoms with Gasteiger partial charge < -0.3 is 5.32 Å². The number of aromatic amines is 1. The number of fused-ring (bicyclic) bond motifs is 1. The average molecular weight is 502 g/mol. The number of carbonyl (C=O) groups is 1. The van der Waals surface area contributed by atoms with Crippen molar-refractivity contribution in [1.82, 2.24) is 29.4 Å². The Kier molecular flexibility index (Phi) is 5.42. The molecule has 4 rings (SSSR count). The third-order valence-electron chi connectivity index (χ3n) is 4.09. The van der Waals surface area contributed by atoms with Crippen molar-refractivity contribution >= 4 is 43.8 Å². The summed E-state index contributed by atoms with van der Waals surface area (Å²) in [5.41, 5.74) is -0.502. The number of aromatic nitrogens is 6. The number of hydrogen-bond donors (Lipinski definition) is 2. The van der Waals surface area contributed by atoms with Crippen LogP contribution >= 0.6 is 27.3 Å². The number of nitrogens with one attached hydrogen (secondary N) is 2. The van der Waals surface area contributed by atoms with Crippen LogP contribution in [-0.4, -0.2) is 41.7 Å². The van der Waals surface area contributed by atoms with Crippen molar-refractivity contribution in [1.29, 1.82) is 0 Å². The van der Waals surface area contributed by atoms with Crippen LogP contribution in [0.2, 0.25) is 0 Å². The number of thiophene rings is 1. The maximum atomic E-state index is 13.7. The van der Waals surface area contributed by atoms with Gasteiger partial charge in [-0.2, -0.15) is 10.2 Å². The van der Waals surface area contributed by atoms with Crippen molar-refractivity contribution in [3.05, 3.63) is 50.6 Å². The molecule has 9 nitrogen and oxygen atoms in total. The third kappa shape index (κ3) is 3.75. The summed E-state index contributed by atoms with van der Waals surface area (Å²) in [6, 6.07) is 2.13. The van der Waals surface area contributed by atoms with Crippen molar-refractivity contribution in [3.8, 4) is 11.4 Å². The molecule has 1 unspecified atom stereocenters. The molecule has 0 bridgehead atoms. The van der Waals surface area contributed by atoms with Gasteiger partial charge in [0, 0.05) is 28.2 Å². The molecule has 0 aromatic carbocycles. The van der Waals surface area contributed by atoms with Gasteiger partial charge >= 0.3 is 0 Å². The maximum Gasteiger partial charge on any atom is 0.275 e. The number of halogens is 4. The number of alkyl halides is 3. The second-order valence-corrected chi connectivity index (χ2v) is 7.75. The zero-order valence-electron chi connectivity index (χ0n) is 14.7. The van der Waals surface area contributed by atoms with Gasteiger partial charge in [-0.15, -0.1) is 11.3 Å². The Morgan fingerprint density at radius 3 is 2.87 bits per heavy atom. The Morgan fingerprint density at radius 2 is 2.17 bits per heavy atom. The number of amides is 1. The van der Waals surface area contributed by atoms with Crippen molar-refractivity contribution in [2.24, 2.45) is 0 Å². The summed E-state index contributed by atoms with van der Waals surface area (Å²) in [5, 5.41) is 15.1. The molecule has 0 aliphatic rings. The number of carbonyl (C=O) groups excluding carboxylic acids is 1. The van der Waals surface area contributed by atoms with Crippen LogP contribution < -0.4 is 10.9 Å². The van der Waals surface area contributed by atoms with Crippen LogP contribution in [-0.2, 0) is 11.3 Å². The summed E-state index contributed by atoms with van der Waals surface area (Å²) in [5.74, 6) is -0.132. The van der Waals surface area contributed by atoms with Gasteiger partial charge in [0.15, 0.2) is 5.82 Å². The van der Waals surface area contributed by atoms with Gasteiger partial charge in [-0.25, -0.2) is 22.7 Å². The summed E-state index contributed by atoms with van der Waals surface area (Å²) >= 11 is 4.60. The Morgan fingerprint density at radius 1 is 1.37 bits per heavy atom. The molecule has 156 valence electrons. The molecule has 4 aromatic rings. The van der Waals surface area contributed by atoms with E-state index in [9.17, 15) is 22.8 Å². The molecule has 0 fully saturated rings. The Balaban J connectivity index is 1.63. The first-order valence-corrected chi connectivity index (χ1v) is 9.96. The predicted octanol–water partition coefficient (Wildman–Crippen LogP) is 3.02. The molecule has 14 heteroatoms. The second kappa shape index (κ2) is 8.02. The van der Waals surface area contributed by atoms with E-state index in [1.54, 1.807) is 5.38 Å². The monoisotopic (exact) mass is 501 g/mol. The molecule has 1 amide bonds. The standard InChI is InChI=1S/C16H11BrF3N7O2S/c17-7-5-30-16(12(7)15-21-6-22-24-15)23-9(28)4-26-10-3-8(13(18)14(19)20)25-27(10)2-1-11(26)29/h1-3,5-6,13-14H,4H2,(H,23,28)(H,21,22,24). The van der Waals surface area contributed by atoms with Crippen molar-refractivity contribution < 1.29 is 18.0 Å². The van der Waals surface area contributed by atoms with E-state index in [0.29, 0.717) is 20.9 Å². The molecular formula is C16H11BrF3N7O2S. The van der Waals surface area contributed by atoms with Crippen LogP contribution in [0.1, 0.15) is 11.9 Å². The summed E-state index contributed by atoms with van der Waals surface area (Å²) < 4.78 is 41.7. The van der Waals surface area contributed by atoms with E-state index < -0.39 is 36.3 Å². The van der Waals surface area contributed by atoms with Crippen LogP contribution in [0.15, 0.2) is 39.3 Å². The SMILES string of the molecule is O=C(Cn1c(=O)ccn2nc(C(F)C(F)F)cc12)Nc1scc(Br)c1-c1ncn[nH]1. The van der Waals surface area contributed by atoms with Gasteiger partial charge in [0.2, 0.25) is 12.1 Å². The van der Waals surface area contributed by atoms with Crippen molar-refractivity contribution in [2.45, 2.75) is 19.1 Å². The lowest BCUT2D eigenvalue weighted by Crippen LogP contribution is -2.28. The highest BCUT2D eigenvalue weighted by atomic mass is 79.9. The highest BCUT2D eigenvalue weighted by molar-refractivity contribution is 9.10. The number of anilines is 1. The molecule has 0 aliphatic carbocycles. The van der Waals surface area contributed by atoms with Gasteiger partial charge in [-0.3, -0.25) is 19.3 Å². The van der Waals surface area contributed by atoms with Crippen LogP contribution in [0.3, 0.4) is 0 Å². The summed E-state index contributed by atoms with van der Waals surface area (Å²) in [4.78, 5) is 28.9. The fraction of sp³-hybridized carbons (Fsp3) is 0.188. The van der Waals surface area contributed by atoms with Gasteiger partial charge in [0.1, 0.15) is 29.2 Å². The van der Waals surface area contributed by atoms with E-state index in [1.165, 1.54) is 23.9 Å². The fourth-order valence-corrected chi connectivity index (χ4v) is 4.39. The quantitative estimate of drug-likeness (QED) is 0.422. The van der Waals surface area contributed by atoms with Crippen molar-refractivity contribution in [3.63, 3.8) is 0 Å². The van der Waals surface area contributed by atoms with Gasteiger partial charge in [-0.05, 0) is 15.9 Å². The zero-order chi connectivity index (χ0) is 21.4. The summed E-state index contributed by atoms with van der Waals surface area (Å²) in [6.07, 6.45) is -3.33. The lowest BCUT2D eigenvalue weighted by Gasteiger charge is -2.09. The first kappa shape index (κ1) is 20.3. The molecule has 0 aliphatic heterocycles. The zero-order valence-corrected chi connectivity index (χ0v) is 17.1. The first-order chi connectivity index (χ1) is 14.3. The molecule has 0 saturated carbocycles. The van der Waals surface area contributed by atoms with Crippen LogP contribution in [0.25, 0.3) is 17.0 Å². The highest BCUT2D eigenvalue weighted by Gasteiger charge is 2.25. The minimum absolute atomic E-state index is 0.0127. The lowest BCUT2D eigenvalue weighted by molar-refractivity contribution is -0.116. The smallest absolute Gasteiger partial charge is 0.275 e. The lowest BCUT2D eigenvalue weighted by atomic mass is 10.3. The van der Waals surface area contributed by atoms with Gasteiger partial charge in [0.05, 0.1) is 5.56 Å². The summed E-state index contributed by atoms with van der Waals surface area (Å²) in [7, 11) is 0. The predicted molar refractivity (Wildman–Crippen MR) is 105 cm³/mol. The minimum Gasteiger partial charge on any atom is -0.315 e. The molecular weight excluding hydrogens is 491 g/mol. The summed E-state index contributed by atoms with van der Waals surface area (Å²) in [6.45, 7) is -0.439. The van der Waals surface area contributed by atoms with Gasteiger partial charge in [-0.1, -0.05) is 0 Å². The number of rotatable bonds is 6. The Bertz CT molecular complexity index is 1270. The average Bonchev–Trinajstić information content (AvgIpc) is 3.43. The van der Waals surface area contributed by atoms with Gasteiger partial charge in [0.25, 0.3) is 12.0 Å². The molecule has 1 atom stereocenters. The number of nitrogens with zero attached hydrogens (tertiary/aromatic N) is 5. The van der Waals surface area contributed by atoms with Crippen LogP contribution in [0.4, 0.5) is 18.2 Å². The number of hydrogen-bond acceptors (Lipinski definition) is 6. The molecule has 4 aromatic heterocycles. The second-order valence-electron chi connectivity index (χ2n) is 6.02. The van der Waals surface area contributed by atoms with Crippen LogP contribution in [0.5, 0.6) is 0 Å². The molecule has 2 N–H and O–H groups in total. The van der Waals surface area contributed by atoms with E-state index in [-0.39, 0.29) is 5.65 Å². The molecule has 4 heterocycles. The van der Waals surface area contributed by atoms with E-state index in [4.69, 9.17) is 0 Å². The van der Waals surface area contributed by atoms with Crippen molar-refractivity contribution in [2.75, 3.05) is 5.32 Å². The highest BCUT2D eigenvalue weighted by Crippen LogP contribution is 2.38. The molecule has 0 radical (unpaired) electrons. The fourth-order valence-electron chi connectivity index (χ4n) is 2.76. The minimum atomic E-state index is -3.26. The molecule has 0 saturated heterocycles. The first-order valence-electron chi connectivity index (χ1n) is 8.29. The van der Waals surface area contributed by atoms with E-state index in [1.807, 2.05) is 0 Å². The molecule has 30 heavy (non-hydrogen) atoms. The Hall–Kier alpha value is -3.00. The molecule has 0 spiro atoms. The number of H-pyrrole nitrogens is 1.